The van der Waals surface area contributed by atoms with Crippen LogP contribution in [0.5, 0.6) is 11.5 Å². The van der Waals surface area contributed by atoms with Crippen LogP contribution in [0.3, 0.4) is 0 Å². The number of hydrogen-bond donors (Lipinski definition) is 0. The van der Waals surface area contributed by atoms with Gasteiger partial charge < -0.3 is 14.4 Å². The minimum atomic E-state index is 0.829. The molecule has 1 aromatic heterocycles. The normalized spacial score (nSPS) is 10.8. The average molecular weight is 409 g/mol. The Kier molecular flexibility index (Phi) is 6.29. The van der Waals surface area contributed by atoms with E-state index in [1.165, 1.54) is 0 Å². The zero-order valence-corrected chi connectivity index (χ0v) is 17.6. The van der Waals surface area contributed by atoms with Crippen molar-refractivity contribution in [3.63, 3.8) is 0 Å². The first-order valence-electron chi connectivity index (χ1n) is 10.0. The number of ether oxygens (including phenoxy) is 2. The number of benzene rings is 3. The summed E-state index contributed by atoms with van der Waals surface area (Å²) in [6.07, 6.45) is 7.78. The van der Waals surface area contributed by atoms with Crippen molar-refractivity contribution in [2.75, 3.05) is 19.1 Å². The summed E-state index contributed by atoms with van der Waals surface area (Å²) in [6.45, 7) is 0. The standard InChI is InChI=1S/C27H24N2O2/c1-30-26-13-9-24(10-14-26)29(25-11-15-27(31-2)16-12-25)23-7-5-21(6-8-23)3-4-22-17-19-28-20-18-22/h3-20H,1-2H3/b4-3+. The maximum Gasteiger partial charge on any atom is 0.119 e. The number of nitrogens with zero attached hydrogens (tertiary/aromatic N) is 2. The molecule has 0 radical (unpaired) electrons. The number of aromatic nitrogens is 1. The highest BCUT2D eigenvalue weighted by Crippen LogP contribution is 2.36. The zero-order chi connectivity index (χ0) is 21.5. The highest BCUT2D eigenvalue weighted by molar-refractivity contribution is 5.78. The van der Waals surface area contributed by atoms with Crippen LogP contribution in [0.1, 0.15) is 11.1 Å². The highest BCUT2D eigenvalue weighted by Gasteiger charge is 2.12. The highest BCUT2D eigenvalue weighted by atomic mass is 16.5. The van der Waals surface area contributed by atoms with E-state index >= 15 is 0 Å². The van der Waals surface area contributed by atoms with Crippen LogP contribution in [0.15, 0.2) is 97.3 Å². The van der Waals surface area contributed by atoms with Crippen LogP contribution in [0.25, 0.3) is 12.2 Å². The van der Waals surface area contributed by atoms with Gasteiger partial charge in [0.15, 0.2) is 0 Å². The van der Waals surface area contributed by atoms with E-state index in [0.29, 0.717) is 0 Å². The minimum absolute atomic E-state index is 0.829. The molecule has 0 aliphatic heterocycles. The van der Waals surface area contributed by atoms with Crippen molar-refractivity contribution in [2.45, 2.75) is 0 Å². The van der Waals surface area contributed by atoms with Gasteiger partial charge in [0.2, 0.25) is 0 Å². The van der Waals surface area contributed by atoms with E-state index in [1.54, 1.807) is 26.6 Å². The van der Waals surface area contributed by atoms with Crippen molar-refractivity contribution < 1.29 is 9.47 Å². The molecule has 0 fully saturated rings. The van der Waals surface area contributed by atoms with E-state index in [0.717, 1.165) is 39.7 Å². The molecular formula is C27H24N2O2. The van der Waals surface area contributed by atoms with E-state index in [1.807, 2.05) is 36.4 Å². The van der Waals surface area contributed by atoms with Crippen molar-refractivity contribution in [1.29, 1.82) is 0 Å². The predicted octanol–water partition coefficient (Wildman–Crippen LogP) is 6.74. The van der Waals surface area contributed by atoms with Crippen molar-refractivity contribution in [1.82, 2.24) is 4.98 Å². The van der Waals surface area contributed by atoms with Gasteiger partial charge in [0.05, 0.1) is 14.2 Å². The molecule has 0 amide bonds. The van der Waals surface area contributed by atoms with Gasteiger partial charge in [0.1, 0.15) is 11.5 Å². The second-order valence-corrected chi connectivity index (χ2v) is 6.94. The lowest BCUT2D eigenvalue weighted by Gasteiger charge is -2.26. The molecule has 0 saturated heterocycles. The first-order chi connectivity index (χ1) is 15.3. The summed E-state index contributed by atoms with van der Waals surface area (Å²) in [6, 6.07) is 28.6. The van der Waals surface area contributed by atoms with Gasteiger partial charge in [0.25, 0.3) is 0 Å². The molecule has 1 heterocycles. The van der Waals surface area contributed by atoms with Gasteiger partial charge in [-0.1, -0.05) is 24.3 Å². The minimum Gasteiger partial charge on any atom is -0.497 e. The molecule has 0 unspecified atom stereocenters. The fourth-order valence-corrected chi connectivity index (χ4v) is 3.31. The average Bonchev–Trinajstić information content (AvgIpc) is 2.85. The molecule has 154 valence electrons. The fourth-order valence-electron chi connectivity index (χ4n) is 3.31. The Labute approximate surface area is 183 Å². The van der Waals surface area contributed by atoms with Gasteiger partial charge in [-0.3, -0.25) is 4.98 Å². The molecule has 0 saturated carbocycles. The van der Waals surface area contributed by atoms with Crippen LogP contribution in [-0.4, -0.2) is 19.2 Å². The molecule has 0 aliphatic carbocycles. The number of rotatable bonds is 7. The lowest BCUT2D eigenvalue weighted by atomic mass is 10.1. The third-order valence-electron chi connectivity index (χ3n) is 4.99. The molecule has 0 aliphatic rings. The lowest BCUT2D eigenvalue weighted by molar-refractivity contribution is 0.415. The van der Waals surface area contributed by atoms with E-state index in [-0.39, 0.29) is 0 Å². The third-order valence-corrected chi connectivity index (χ3v) is 4.99. The molecule has 0 N–H and O–H groups in total. The zero-order valence-electron chi connectivity index (χ0n) is 17.6. The maximum atomic E-state index is 5.32. The molecule has 4 rings (SSSR count). The Balaban J connectivity index is 1.66. The van der Waals surface area contributed by atoms with Crippen LogP contribution in [0, 0.1) is 0 Å². The van der Waals surface area contributed by atoms with E-state index in [2.05, 4.69) is 70.6 Å². The summed E-state index contributed by atoms with van der Waals surface area (Å²) < 4.78 is 10.6. The van der Waals surface area contributed by atoms with Crippen molar-refractivity contribution >= 4 is 29.2 Å². The Morgan fingerprint density at radius 2 is 0.935 bits per heavy atom. The van der Waals surface area contributed by atoms with E-state index < -0.39 is 0 Å². The van der Waals surface area contributed by atoms with Crippen LogP contribution >= 0.6 is 0 Å². The maximum absolute atomic E-state index is 5.32. The predicted molar refractivity (Wildman–Crippen MR) is 127 cm³/mol. The van der Waals surface area contributed by atoms with Gasteiger partial charge in [-0.25, -0.2) is 0 Å². The second kappa shape index (κ2) is 9.63. The molecule has 0 spiro atoms. The largest absolute Gasteiger partial charge is 0.497 e. The van der Waals surface area contributed by atoms with E-state index in [4.69, 9.17) is 9.47 Å². The second-order valence-electron chi connectivity index (χ2n) is 6.94. The smallest absolute Gasteiger partial charge is 0.119 e. The quantitative estimate of drug-likeness (QED) is 0.339. The Bertz CT molecular complexity index is 1070. The molecule has 3 aromatic carbocycles. The Morgan fingerprint density at radius 1 is 0.548 bits per heavy atom. The van der Waals surface area contributed by atoms with Crippen molar-refractivity contribution in [3.05, 3.63) is 108 Å². The monoisotopic (exact) mass is 408 g/mol. The van der Waals surface area contributed by atoms with Gasteiger partial charge in [-0.05, 0) is 83.9 Å². The molecule has 31 heavy (non-hydrogen) atoms. The summed E-state index contributed by atoms with van der Waals surface area (Å²) in [4.78, 5) is 6.26. The van der Waals surface area contributed by atoms with Gasteiger partial charge in [-0.15, -0.1) is 0 Å². The number of hydrogen-bond acceptors (Lipinski definition) is 4. The summed E-state index contributed by atoms with van der Waals surface area (Å²) in [5.41, 5.74) is 5.41. The van der Waals surface area contributed by atoms with Gasteiger partial charge in [0, 0.05) is 29.5 Å². The van der Waals surface area contributed by atoms with Crippen molar-refractivity contribution in [2.24, 2.45) is 0 Å². The fraction of sp³-hybridized carbons (Fsp3) is 0.0741. The van der Waals surface area contributed by atoms with Crippen LogP contribution in [0.4, 0.5) is 17.1 Å². The molecule has 4 heteroatoms. The lowest BCUT2D eigenvalue weighted by Crippen LogP contribution is -2.09. The topological polar surface area (TPSA) is 34.6 Å². The third kappa shape index (κ3) is 4.93. The SMILES string of the molecule is COc1ccc(N(c2ccc(/C=C/c3ccncc3)cc2)c2ccc(OC)cc2)cc1. The van der Waals surface area contributed by atoms with Crippen LogP contribution in [0.2, 0.25) is 0 Å². The Morgan fingerprint density at radius 3 is 1.35 bits per heavy atom. The summed E-state index contributed by atoms with van der Waals surface area (Å²) in [7, 11) is 3.35. The van der Waals surface area contributed by atoms with Crippen molar-refractivity contribution in [3.8, 4) is 11.5 Å². The molecule has 4 nitrogen and oxygen atoms in total. The number of anilines is 3. The molecule has 0 bridgehead atoms. The van der Waals surface area contributed by atoms with E-state index in [9.17, 15) is 0 Å². The summed E-state index contributed by atoms with van der Waals surface area (Å²) in [5.74, 6) is 1.66. The molecule has 4 aromatic rings. The molecular weight excluding hydrogens is 384 g/mol. The number of methoxy groups -OCH3 is 2. The van der Waals surface area contributed by atoms with Crippen LogP contribution < -0.4 is 14.4 Å². The van der Waals surface area contributed by atoms with Crippen LogP contribution in [-0.2, 0) is 0 Å². The van der Waals surface area contributed by atoms with Gasteiger partial charge in [-0.2, -0.15) is 0 Å². The summed E-state index contributed by atoms with van der Waals surface area (Å²) >= 11 is 0. The van der Waals surface area contributed by atoms with Gasteiger partial charge >= 0.3 is 0 Å². The first kappa shape index (κ1) is 20.2. The summed E-state index contributed by atoms with van der Waals surface area (Å²) in [5, 5.41) is 0. The number of pyridine rings is 1. The molecule has 0 atom stereocenters. The Hall–Kier alpha value is -4.05. The first-order valence-corrected chi connectivity index (χ1v) is 10.0.